The highest BCUT2D eigenvalue weighted by Crippen LogP contribution is 2.28. The molecular weight excluding hydrogens is 312 g/mol. The van der Waals surface area contributed by atoms with Gasteiger partial charge in [-0.05, 0) is 51.3 Å². The SMILES string of the molecule is CCn1cc(CNC(=O)Cc2c(C)[nH]c3c(C)ccc(C)c23)c(C)n1. The molecular formula is C20H26N4O. The Morgan fingerprint density at radius 1 is 1.20 bits per heavy atom. The fourth-order valence-electron chi connectivity index (χ4n) is 3.34. The van der Waals surface area contributed by atoms with Crippen molar-refractivity contribution in [1.29, 1.82) is 0 Å². The number of benzene rings is 1. The Bertz CT molecular complexity index is 933. The normalized spacial score (nSPS) is 11.2. The van der Waals surface area contributed by atoms with Crippen molar-refractivity contribution in [2.24, 2.45) is 0 Å². The lowest BCUT2D eigenvalue weighted by molar-refractivity contribution is -0.120. The summed E-state index contributed by atoms with van der Waals surface area (Å²) in [5.41, 5.74) is 7.74. The summed E-state index contributed by atoms with van der Waals surface area (Å²) in [6, 6.07) is 4.24. The number of hydrogen-bond acceptors (Lipinski definition) is 2. The highest BCUT2D eigenvalue weighted by Gasteiger charge is 2.15. The first kappa shape index (κ1) is 17.3. The van der Waals surface area contributed by atoms with Crippen LogP contribution in [0.3, 0.4) is 0 Å². The number of carbonyl (C=O) groups is 1. The third-order valence-electron chi connectivity index (χ3n) is 4.87. The maximum Gasteiger partial charge on any atom is 0.224 e. The molecule has 25 heavy (non-hydrogen) atoms. The van der Waals surface area contributed by atoms with Crippen LogP contribution in [0.2, 0.25) is 0 Å². The minimum absolute atomic E-state index is 0.0357. The van der Waals surface area contributed by atoms with Crippen LogP contribution in [0.5, 0.6) is 0 Å². The van der Waals surface area contributed by atoms with E-state index in [0.717, 1.165) is 34.6 Å². The summed E-state index contributed by atoms with van der Waals surface area (Å²) >= 11 is 0. The van der Waals surface area contributed by atoms with E-state index in [-0.39, 0.29) is 5.91 Å². The van der Waals surface area contributed by atoms with E-state index in [1.54, 1.807) is 0 Å². The highest BCUT2D eigenvalue weighted by molar-refractivity contribution is 5.93. The Labute approximate surface area is 148 Å². The number of fused-ring (bicyclic) bond motifs is 1. The molecule has 5 heteroatoms. The van der Waals surface area contributed by atoms with Crippen LogP contribution in [0.15, 0.2) is 18.3 Å². The molecule has 0 radical (unpaired) electrons. The summed E-state index contributed by atoms with van der Waals surface area (Å²) in [5, 5.41) is 8.64. The monoisotopic (exact) mass is 338 g/mol. The van der Waals surface area contributed by atoms with Crippen LogP contribution in [0.4, 0.5) is 0 Å². The first-order chi connectivity index (χ1) is 11.9. The molecule has 3 rings (SSSR count). The number of carbonyl (C=O) groups excluding carboxylic acids is 1. The summed E-state index contributed by atoms with van der Waals surface area (Å²) in [7, 11) is 0. The third kappa shape index (κ3) is 3.31. The van der Waals surface area contributed by atoms with Gasteiger partial charge in [-0.25, -0.2) is 0 Å². The first-order valence-electron chi connectivity index (χ1n) is 8.77. The standard InChI is InChI=1S/C20H26N4O/c1-6-24-11-16(14(4)23-24)10-21-18(25)9-17-15(5)22-20-13(3)8-7-12(2)19(17)20/h7-8,11,22H,6,9-10H2,1-5H3,(H,21,25). The molecule has 0 saturated heterocycles. The molecule has 1 amide bonds. The maximum atomic E-state index is 12.5. The second-order valence-corrected chi connectivity index (χ2v) is 6.73. The van der Waals surface area contributed by atoms with Crippen molar-refractivity contribution in [1.82, 2.24) is 20.1 Å². The third-order valence-corrected chi connectivity index (χ3v) is 4.87. The molecule has 0 aliphatic carbocycles. The zero-order chi connectivity index (χ0) is 18.1. The summed E-state index contributed by atoms with van der Waals surface area (Å²) in [6.45, 7) is 11.6. The van der Waals surface area contributed by atoms with Crippen LogP contribution in [0.1, 0.15) is 40.6 Å². The van der Waals surface area contributed by atoms with Crippen LogP contribution in [0.25, 0.3) is 10.9 Å². The van der Waals surface area contributed by atoms with E-state index in [1.165, 1.54) is 16.5 Å². The van der Waals surface area contributed by atoms with Crippen LogP contribution in [0, 0.1) is 27.7 Å². The Kier molecular flexibility index (Phi) is 4.66. The molecule has 0 spiro atoms. The van der Waals surface area contributed by atoms with Crippen LogP contribution >= 0.6 is 0 Å². The Morgan fingerprint density at radius 2 is 1.92 bits per heavy atom. The van der Waals surface area contributed by atoms with E-state index in [0.29, 0.717) is 13.0 Å². The smallest absolute Gasteiger partial charge is 0.224 e. The fraction of sp³-hybridized carbons (Fsp3) is 0.400. The Morgan fingerprint density at radius 3 is 2.60 bits per heavy atom. The molecule has 0 saturated carbocycles. The van der Waals surface area contributed by atoms with Gasteiger partial charge in [0.15, 0.2) is 0 Å². The van der Waals surface area contributed by atoms with Gasteiger partial charge in [0.25, 0.3) is 0 Å². The van der Waals surface area contributed by atoms with E-state index in [9.17, 15) is 4.79 Å². The number of aromatic nitrogens is 3. The van der Waals surface area contributed by atoms with E-state index < -0.39 is 0 Å². The Balaban J connectivity index is 1.77. The van der Waals surface area contributed by atoms with Gasteiger partial charge in [-0.3, -0.25) is 9.48 Å². The minimum Gasteiger partial charge on any atom is -0.358 e. The van der Waals surface area contributed by atoms with Gasteiger partial charge < -0.3 is 10.3 Å². The number of aromatic amines is 1. The zero-order valence-corrected chi connectivity index (χ0v) is 15.7. The van der Waals surface area contributed by atoms with Gasteiger partial charge in [-0.2, -0.15) is 5.10 Å². The lowest BCUT2D eigenvalue weighted by atomic mass is 10.0. The molecule has 0 unspecified atom stereocenters. The van der Waals surface area contributed by atoms with Gasteiger partial charge in [0, 0.05) is 41.4 Å². The summed E-state index contributed by atoms with van der Waals surface area (Å²) in [4.78, 5) is 16.0. The fourth-order valence-corrected chi connectivity index (χ4v) is 3.34. The zero-order valence-electron chi connectivity index (χ0n) is 15.7. The molecule has 132 valence electrons. The predicted octanol–water partition coefficient (Wildman–Crippen LogP) is 3.48. The number of H-pyrrole nitrogens is 1. The van der Waals surface area contributed by atoms with Crippen molar-refractivity contribution in [2.75, 3.05) is 0 Å². The Hall–Kier alpha value is -2.56. The first-order valence-corrected chi connectivity index (χ1v) is 8.77. The molecule has 0 aliphatic rings. The lowest BCUT2D eigenvalue weighted by Gasteiger charge is -2.07. The van der Waals surface area contributed by atoms with Gasteiger partial charge in [-0.1, -0.05) is 12.1 Å². The molecule has 1 aromatic carbocycles. The van der Waals surface area contributed by atoms with Crippen molar-refractivity contribution in [2.45, 2.75) is 54.1 Å². The molecule has 0 bridgehead atoms. The van der Waals surface area contributed by atoms with Gasteiger partial charge in [0.05, 0.1) is 12.1 Å². The lowest BCUT2D eigenvalue weighted by Crippen LogP contribution is -2.25. The summed E-state index contributed by atoms with van der Waals surface area (Å²) < 4.78 is 1.90. The second kappa shape index (κ2) is 6.75. The van der Waals surface area contributed by atoms with E-state index in [4.69, 9.17) is 0 Å². The van der Waals surface area contributed by atoms with Crippen LogP contribution < -0.4 is 5.32 Å². The summed E-state index contributed by atoms with van der Waals surface area (Å²) in [6.07, 6.45) is 2.39. The largest absolute Gasteiger partial charge is 0.358 e. The molecule has 2 aromatic heterocycles. The molecule has 2 heterocycles. The maximum absolute atomic E-state index is 12.5. The van der Waals surface area contributed by atoms with Crippen molar-refractivity contribution in [3.05, 3.63) is 52.0 Å². The molecule has 0 aliphatic heterocycles. The van der Waals surface area contributed by atoms with E-state index in [1.807, 2.05) is 24.7 Å². The molecule has 0 atom stereocenters. The van der Waals surface area contributed by atoms with Gasteiger partial charge >= 0.3 is 0 Å². The van der Waals surface area contributed by atoms with Crippen molar-refractivity contribution >= 4 is 16.8 Å². The van der Waals surface area contributed by atoms with E-state index in [2.05, 4.69) is 48.3 Å². The number of nitrogens with one attached hydrogen (secondary N) is 2. The van der Waals surface area contributed by atoms with Crippen LogP contribution in [-0.4, -0.2) is 20.7 Å². The number of hydrogen-bond donors (Lipinski definition) is 2. The number of rotatable bonds is 5. The van der Waals surface area contributed by atoms with Gasteiger partial charge in [0.2, 0.25) is 5.91 Å². The number of aryl methyl sites for hydroxylation is 5. The molecule has 0 fully saturated rings. The van der Waals surface area contributed by atoms with E-state index >= 15 is 0 Å². The van der Waals surface area contributed by atoms with Crippen molar-refractivity contribution in [3.8, 4) is 0 Å². The predicted molar refractivity (Wildman–Crippen MR) is 101 cm³/mol. The molecule has 2 N–H and O–H groups in total. The summed E-state index contributed by atoms with van der Waals surface area (Å²) in [5.74, 6) is 0.0357. The molecule has 5 nitrogen and oxygen atoms in total. The topological polar surface area (TPSA) is 62.7 Å². The van der Waals surface area contributed by atoms with Gasteiger partial charge in [-0.15, -0.1) is 0 Å². The van der Waals surface area contributed by atoms with Crippen LogP contribution in [-0.2, 0) is 24.3 Å². The quantitative estimate of drug-likeness (QED) is 0.748. The number of nitrogens with zero attached hydrogens (tertiary/aromatic N) is 2. The van der Waals surface area contributed by atoms with Gasteiger partial charge in [0.1, 0.15) is 0 Å². The average Bonchev–Trinajstić information content (AvgIpc) is 3.10. The molecule has 3 aromatic rings. The highest BCUT2D eigenvalue weighted by atomic mass is 16.1. The minimum atomic E-state index is 0.0357. The van der Waals surface area contributed by atoms with Crippen molar-refractivity contribution in [3.63, 3.8) is 0 Å². The second-order valence-electron chi connectivity index (χ2n) is 6.73. The van der Waals surface area contributed by atoms with Crippen molar-refractivity contribution < 1.29 is 4.79 Å². The average molecular weight is 338 g/mol. The number of amides is 1.